The molecule has 2 rings (SSSR count). The lowest BCUT2D eigenvalue weighted by molar-refractivity contribution is -0.131. The van der Waals surface area contributed by atoms with Crippen LogP contribution in [0.2, 0.25) is 0 Å². The van der Waals surface area contributed by atoms with E-state index in [1.54, 1.807) is 30.1 Å². The van der Waals surface area contributed by atoms with Gasteiger partial charge in [-0.15, -0.1) is 0 Å². The van der Waals surface area contributed by atoms with Crippen LogP contribution in [0.3, 0.4) is 0 Å². The molecule has 1 aromatic carbocycles. The summed E-state index contributed by atoms with van der Waals surface area (Å²) in [5.41, 5.74) is 0.577. The van der Waals surface area contributed by atoms with Crippen molar-refractivity contribution >= 4 is 5.91 Å². The Labute approximate surface area is 94.3 Å². The standard InChI is InChI=1S/C12H15FN2O/c1-15-11(8-14-7-6-12(15)16)9-4-2-3-5-10(9)13/h2-5,11,14H,6-8H2,1H3. The van der Waals surface area contributed by atoms with Crippen LogP contribution in [0.25, 0.3) is 0 Å². The zero-order valence-electron chi connectivity index (χ0n) is 9.24. The van der Waals surface area contributed by atoms with Crippen LogP contribution in [0.1, 0.15) is 18.0 Å². The number of benzene rings is 1. The Kier molecular flexibility index (Phi) is 3.19. The molecule has 0 radical (unpaired) electrons. The molecule has 1 aliphatic heterocycles. The van der Waals surface area contributed by atoms with Crippen molar-refractivity contribution in [2.45, 2.75) is 12.5 Å². The summed E-state index contributed by atoms with van der Waals surface area (Å²) in [5, 5.41) is 3.15. The Hall–Kier alpha value is -1.42. The summed E-state index contributed by atoms with van der Waals surface area (Å²) in [6.45, 7) is 1.26. The van der Waals surface area contributed by atoms with Gasteiger partial charge in [0, 0.05) is 32.1 Å². The van der Waals surface area contributed by atoms with Gasteiger partial charge < -0.3 is 10.2 Å². The first-order chi connectivity index (χ1) is 7.70. The fourth-order valence-electron chi connectivity index (χ4n) is 1.99. The van der Waals surface area contributed by atoms with Crippen LogP contribution < -0.4 is 5.32 Å². The van der Waals surface area contributed by atoms with E-state index in [1.165, 1.54) is 6.07 Å². The van der Waals surface area contributed by atoms with Gasteiger partial charge in [-0.1, -0.05) is 18.2 Å². The summed E-state index contributed by atoms with van der Waals surface area (Å²) in [7, 11) is 1.73. The largest absolute Gasteiger partial charge is 0.337 e. The molecule has 0 spiro atoms. The van der Waals surface area contributed by atoms with E-state index in [0.29, 0.717) is 25.1 Å². The molecule has 0 bridgehead atoms. The minimum Gasteiger partial charge on any atom is -0.337 e. The normalized spacial score (nSPS) is 22.0. The SMILES string of the molecule is CN1C(=O)CCNCC1c1ccccc1F. The number of halogens is 1. The van der Waals surface area contributed by atoms with E-state index < -0.39 is 0 Å². The van der Waals surface area contributed by atoms with Crippen LogP contribution in [0.15, 0.2) is 24.3 Å². The summed E-state index contributed by atoms with van der Waals surface area (Å²) in [4.78, 5) is 13.3. The van der Waals surface area contributed by atoms with Gasteiger partial charge in [-0.2, -0.15) is 0 Å². The molecule has 86 valence electrons. The second-order valence-corrected chi connectivity index (χ2v) is 4.00. The average molecular weight is 222 g/mol. The second kappa shape index (κ2) is 4.61. The quantitative estimate of drug-likeness (QED) is 0.777. The van der Waals surface area contributed by atoms with Crippen LogP contribution in [0.4, 0.5) is 4.39 Å². The van der Waals surface area contributed by atoms with Crippen molar-refractivity contribution in [1.82, 2.24) is 10.2 Å². The molecule has 4 heteroatoms. The molecule has 1 saturated heterocycles. The molecular formula is C12H15FN2O. The number of carbonyl (C=O) groups is 1. The molecule has 1 aromatic rings. The minimum atomic E-state index is -0.254. The molecule has 1 amide bonds. The number of hydrogen-bond acceptors (Lipinski definition) is 2. The van der Waals surface area contributed by atoms with E-state index in [1.807, 2.05) is 0 Å². The third kappa shape index (κ3) is 2.07. The molecule has 1 fully saturated rings. The maximum Gasteiger partial charge on any atom is 0.224 e. The molecule has 0 aliphatic carbocycles. The monoisotopic (exact) mass is 222 g/mol. The summed E-state index contributed by atoms with van der Waals surface area (Å²) in [5.74, 6) is -0.200. The first kappa shape index (κ1) is 11.1. The Morgan fingerprint density at radius 1 is 1.44 bits per heavy atom. The van der Waals surface area contributed by atoms with Crippen molar-refractivity contribution < 1.29 is 9.18 Å². The maximum atomic E-state index is 13.6. The van der Waals surface area contributed by atoms with Gasteiger partial charge in [0.2, 0.25) is 5.91 Å². The molecule has 1 N–H and O–H groups in total. The lowest BCUT2D eigenvalue weighted by Crippen LogP contribution is -2.33. The Morgan fingerprint density at radius 2 is 2.19 bits per heavy atom. The summed E-state index contributed by atoms with van der Waals surface area (Å²) in [6.07, 6.45) is 0.474. The van der Waals surface area contributed by atoms with Gasteiger partial charge in [-0.25, -0.2) is 4.39 Å². The van der Waals surface area contributed by atoms with E-state index in [0.717, 1.165) is 0 Å². The van der Waals surface area contributed by atoms with Crippen molar-refractivity contribution in [3.63, 3.8) is 0 Å². The van der Waals surface area contributed by atoms with Crippen LogP contribution in [0, 0.1) is 5.82 Å². The zero-order chi connectivity index (χ0) is 11.5. The van der Waals surface area contributed by atoms with Crippen LogP contribution >= 0.6 is 0 Å². The average Bonchev–Trinajstić information content (AvgIpc) is 2.44. The van der Waals surface area contributed by atoms with Gasteiger partial charge in [0.25, 0.3) is 0 Å². The highest BCUT2D eigenvalue weighted by Crippen LogP contribution is 2.23. The van der Waals surface area contributed by atoms with E-state index in [9.17, 15) is 9.18 Å². The number of carbonyl (C=O) groups excluding carboxylic acids is 1. The fourth-order valence-corrected chi connectivity index (χ4v) is 1.99. The predicted molar refractivity (Wildman–Crippen MR) is 59.4 cm³/mol. The van der Waals surface area contributed by atoms with Crippen molar-refractivity contribution in [3.05, 3.63) is 35.6 Å². The fraction of sp³-hybridized carbons (Fsp3) is 0.417. The van der Waals surface area contributed by atoms with E-state index in [2.05, 4.69) is 5.32 Å². The van der Waals surface area contributed by atoms with E-state index >= 15 is 0 Å². The smallest absolute Gasteiger partial charge is 0.224 e. The molecule has 1 aliphatic rings. The predicted octanol–water partition coefficient (Wildman–Crippen LogP) is 1.32. The van der Waals surface area contributed by atoms with Crippen molar-refractivity contribution in [2.24, 2.45) is 0 Å². The van der Waals surface area contributed by atoms with Crippen LogP contribution in [-0.4, -0.2) is 30.9 Å². The van der Waals surface area contributed by atoms with Crippen molar-refractivity contribution in [3.8, 4) is 0 Å². The Morgan fingerprint density at radius 3 is 2.94 bits per heavy atom. The number of rotatable bonds is 1. The van der Waals surface area contributed by atoms with E-state index in [-0.39, 0.29) is 17.8 Å². The molecule has 0 saturated carbocycles. The molecule has 0 aromatic heterocycles. The van der Waals surface area contributed by atoms with Gasteiger partial charge in [-0.05, 0) is 6.07 Å². The van der Waals surface area contributed by atoms with Gasteiger partial charge in [0.05, 0.1) is 6.04 Å². The number of amides is 1. The van der Waals surface area contributed by atoms with Crippen LogP contribution in [-0.2, 0) is 4.79 Å². The topological polar surface area (TPSA) is 32.3 Å². The zero-order valence-corrected chi connectivity index (χ0v) is 9.24. The molecule has 3 nitrogen and oxygen atoms in total. The molecule has 1 unspecified atom stereocenters. The van der Waals surface area contributed by atoms with Crippen molar-refractivity contribution in [2.75, 3.05) is 20.1 Å². The summed E-state index contributed by atoms with van der Waals surface area (Å²) in [6, 6.07) is 6.40. The molecule has 1 heterocycles. The maximum absolute atomic E-state index is 13.6. The highest BCUT2D eigenvalue weighted by molar-refractivity contribution is 5.77. The Bertz CT molecular complexity index is 394. The van der Waals surface area contributed by atoms with Crippen molar-refractivity contribution in [1.29, 1.82) is 0 Å². The van der Waals surface area contributed by atoms with Gasteiger partial charge in [-0.3, -0.25) is 4.79 Å². The van der Waals surface area contributed by atoms with Gasteiger partial charge >= 0.3 is 0 Å². The first-order valence-electron chi connectivity index (χ1n) is 5.41. The summed E-state index contributed by atoms with van der Waals surface area (Å²) < 4.78 is 13.6. The lowest BCUT2D eigenvalue weighted by Gasteiger charge is -2.26. The second-order valence-electron chi connectivity index (χ2n) is 4.00. The number of nitrogens with zero attached hydrogens (tertiary/aromatic N) is 1. The van der Waals surface area contributed by atoms with Gasteiger partial charge in [0.1, 0.15) is 5.82 Å². The highest BCUT2D eigenvalue weighted by Gasteiger charge is 2.25. The number of likely N-dealkylation sites (N-methyl/N-ethyl adjacent to an activating group) is 1. The molecule has 1 atom stereocenters. The number of hydrogen-bond donors (Lipinski definition) is 1. The third-order valence-electron chi connectivity index (χ3n) is 2.98. The highest BCUT2D eigenvalue weighted by atomic mass is 19.1. The summed E-state index contributed by atoms with van der Waals surface area (Å²) >= 11 is 0. The molecular weight excluding hydrogens is 207 g/mol. The third-order valence-corrected chi connectivity index (χ3v) is 2.98. The van der Waals surface area contributed by atoms with Gasteiger partial charge in [0.15, 0.2) is 0 Å². The number of nitrogens with one attached hydrogen (secondary N) is 1. The molecule has 16 heavy (non-hydrogen) atoms. The first-order valence-corrected chi connectivity index (χ1v) is 5.41. The minimum absolute atomic E-state index is 0.0539. The van der Waals surface area contributed by atoms with Crippen LogP contribution in [0.5, 0.6) is 0 Å². The lowest BCUT2D eigenvalue weighted by atomic mass is 10.1. The van der Waals surface area contributed by atoms with E-state index in [4.69, 9.17) is 0 Å². The Balaban J connectivity index is 2.31.